The van der Waals surface area contributed by atoms with Crippen molar-refractivity contribution in [3.8, 4) is 5.75 Å². The summed E-state index contributed by atoms with van der Waals surface area (Å²) in [6, 6.07) is 16.1. The SMILES string of the molecule is CC(C)(C)c1cc(C(C)(C)C)c(O)c(C(C)(C)C)c1.CC(C)(C)c1cc(C(C)(C)C)cc(C(C)(C)C)c1.CC(C)(C)c1nc2c(C(C)(C)C)ccc(C(C)(C)C)c2s1. The van der Waals surface area contributed by atoms with Crippen LogP contribution >= 0.6 is 11.3 Å². The minimum Gasteiger partial charge on any atom is -0.507 e. The topological polar surface area (TPSA) is 33.1 Å². The smallest absolute Gasteiger partial charge is 0.123 e. The molecule has 1 heterocycles. The third kappa shape index (κ3) is 13.4. The van der Waals surface area contributed by atoms with Gasteiger partial charge in [0.2, 0.25) is 0 Å². The van der Waals surface area contributed by atoms with Gasteiger partial charge >= 0.3 is 0 Å². The third-order valence-corrected chi connectivity index (χ3v) is 12.4. The summed E-state index contributed by atoms with van der Waals surface area (Å²) in [6.45, 7) is 60.6. The number of benzene rings is 3. The first-order valence-corrected chi connectivity index (χ1v) is 22.7. The van der Waals surface area contributed by atoms with E-state index >= 15 is 0 Å². The molecular formula is C55H89NOS. The van der Waals surface area contributed by atoms with E-state index in [0.29, 0.717) is 5.75 Å². The largest absolute Gasteiger partial charge is 0.507 e. The number of phenols is 1. The molecule has 2 nitrogen and oxygen atoms in total. The van der Waals surface area contributed by atoms with Crippen molar-refractivity contribution < 1.29 is 5.11 Å². The van der Waals surface area contributed by atoms with Crippen molar-refractivity contribution in [2.45, 2.75) is 236 Å². The van der Waals surface area contributed by atoms with Gasteiger partial charge in [-0.05, 0) is 87.8 Å². The minimum atomic E-state index is -0.0503. The van der Waals surface area contributed by atoms with E-state index < -0.39 is 0 Å². The van der Waals surface area contributed by atoms with Crippen molar-refractivity contribution in [2.24, 2.45) is 0 Å². The highest BCUT2D eigenvalue weighted by Crippen LogP contribution is 2.43. The highest BCUT2D eigenvalue weighted by molar-refractivity contribution is 7.19. The first-order chi connectivity index (χ1) is 25.4. The van der Waals surface area contributed by atoms with Gasteiger partial charge in [-0.2, -0.15) is 0 Å². The van der Waals surface area contributed by atoms with E-state index in [1.807, 2.05) is 11.3 Å². The number of hydrogen-bond acceptors (Lipinski definition) is 3. The van der Waals surface area contributed by atoms with Gasteiger partial charge in [0.25, 0.3) is 0 Å². The predicted molar refractivity (Wildman–Crippen MR) is 262 cm³/mol. The number of rotatable bonds is 0. The lowest BCUT2D eigenvalue weighted by molar-refractivity contribution is 0.420. The molecule has 0 spiro atoms. The summed E-state index contributed by atoms with van der Waals surface area (Å²) in [6.07, 6.45) is 0. The average Bonchev–Trinajstić information content (AvgIpc) is 3.43. The summed E-state index contributed by atoms with van der Waals surface area (Å²) in [5, 5.41) is 11.9. The van der Waals surface area contributed by atoms with Crippen molar-refractivity contribution in [1.29, 1.82) is 0 Å². The zero-order valence-corrected chi connectivity index (χ0v) is 43.7. The number of aromatic nitrogens is 1. The Morgan fingerprint density at radius 3 is 0.879 bits per heavy atom. The molecule has 0 amide bonds. The van der Waals surface area contributed by atoms with Crippen molar-refractivity contribution >= 4 is 21.6 Å². The highest BCUT2D eigenvalue weighted by atomic mass is 32.1. The molecule has 0 unspecified atom stereocenters. The Hall–Kier alpha value is -2.65. The van der Waals surface area contributed by atoms with Crippen LogP contribution in [0.2, 0.25) is 0 Å². The number of thiazole rings is 1. The first-order valence-electron chi connectivity index (χ1n) is 21.9. The second-order valence-corrected chi connectivity index (χ2v) is 27.3. The minimum absolute atomic E-state index is 0.0503. The molecule has 4 rings (SSSR count). The van der Waals surface area contributed by atoms with Gasteiger partial charge in [0.15, 0.2) is 0 Å². The molecule has 0 saturated carbocycles. The number of nitrogens with zero attached hydrogens (tertiary/aromatic N) is 1. The van der Waals surface area contributed by atoms with Crippen LogP contribution in [0.1, 0.15) is 236 Å². The average molecular weight is 812 g/mol. The fraction of sp³-hybridized carbons (Fsp3) is 0.655. The summed E-state index contributed by atoms with van der Waals surface area (Å²) in [4.78, 5) is 5.04. The second kappa shape index (κ2) is 16.7. The Labute approximate surface area is 363 Å². The van der Waals surface area contributed by atoms with Crippen LogP contribution in [0.25, 0.3) is 10.2 Å². The van der Waals surface area contributed by atoms with Crippen LogP contribution in [0, 0.1) is 0 Å². The van der Waals surface area contributed by atoms with E-state index in [4.69, 9.17) is 4.98 Å². The monoisotopic (exact) mass is 812 g/mol. The molecule has 0 aliphatic rings. The van der Waals surface area contributed by atoms with E-state index in [2.05, 4.69) is 229 Å². The summed E-state index contributed by atoms with van der Waals surface area (Å²) < 4.78 is 1.37. The zero-order valence-electron chi connectivity index (χ0n) is 42.8. The van der Waals surface area contributed by atoms with E-state index in [1.165, 1.54) is 48.6 Å². The Morgan fingerprint density at radius 2 is 0.621 bits per heavy atom. The Morgan fingerprint density at radius 1 is 0.345 bits per heavy atom. The normalized spacial score (nSPS) is 13.8. The maximum Gasteiger partial charge on any atom is 0.123 e. The molecule has 3 heteroatoms. The molecule has 0 atom stereocenters. The highest BCUT2D eigenvalue weighted by Gasteiger charge is 2.30. The summed E-state index contributed by atoms with van der Waals surface area (Å²) in [5.41, 5.74) is 12.7. The second-order valence-electron chi connectivity index (χ2n) is 26.3. The van der Waals surface area contributed by atoms with Gasteiger partial charge in [-0.25, -0.2) is 4.98 Å². The lowest BCUT2D eigenvalue weighted by atomic mass is 9.75. The molecule has 0 aliphatic carbocycles. The number of hydrogen-bond donors (Lipinski definition) is 1. The van der Waals surface area contributed by atoms with Crippen LogP contribution in [0.4, 0.5) is 0 Å². The lowest BCUT2D eigenvalue weighted by Gasteiger charge is -2.31. The van der Waals surface area contributed by atoms with E-state index in [1.54, 1.807) is 0 Å². The summed E-state index contributed by atoms with van der Waals surface area (Å²) >= 11 is 1.88. The van der Waals surface area contributed by atoms with Crippen molar-refractivity contribution in [1.82, 2.24) is 4.98 Å². The fourth-order valence-corrected chi connectivity index (χ4v) is 8.03. The maximum absolute atomic E-state index is 10.7. The van der Waals surface area contributed by atoms with Crippen LogP contribution in [0.15, 0.2) is 42.5 Å². The van der Waals surface area contributed by atoms with Crippen LogP contribution in [-0.2, 0) is 48.7 Å². The number of phenolic OH excluding ortho intramolecular Hbond substituents is 1. The first kappa shape index (κ1) is 51.5. The van der Waals surface area contributed by atoms with Crippen LogP contribution < -0.4 is 0 Å². The van der Waals surface area contributed by atoms with Gasteiger partial charge in [0.1, 0.15) is 5.75 Å². The molecule has 0 fully saturated rings. The third-order valence-electron chi connectivity index (χ3n) is 10.9. The van der Waals surface area contributed by atoms with Gasteiger partial charge in [-0.15, -0.1) is 11.3 Å². The molecule has 58 heavy (non-hydrogen) atoms. The van der Waals surface area contributed by atoms with Crippen LogP contribution in [0.5, 0.6) is 5.75 Å². The van der Waals surface area contributed by atoms with Crippen molar-refractivity contribution in [3.63, 3.8) is 0 Å². The zero-order chi connectivity index (χ0) is 45.8. The van der Waals surface area contributed by atoms with E-state index in [-0.39, 0.29) is 48.7 Å². The summed E-state index contributed by atoms with van der Waals surface area (Å²) in [7, 11) is 0. The molecule has 1 N–H and O–H groups in total. The molecule has 0 bridgehead atoms. The van der Waals surface area contributed by atoms with Crippen molar-refractivity contribution in [2.75, 3.05) is 0 Å². The van der Waals surface area contributed by atoms with Gasteiger partial charge < -0.3 is 5.11 Å². The van der Waals surface area contributed by atoms with Gasteiger partial charge in [0, 0.05) is 5.41 Å². The molecule has 3 aromatic carbocycles. The van der Waals surface area contributed by atoms with E-state index in [9.17, 15) is 5.11 Å². The molecule has 1 aromatic heterocycles. The quantitative estimate of drug-likeness (QED) is 0.192. The molecule has 4 aromatic rings. The predicted octanol–water partition coefficient (Wildman–Crippen LogP) is 17.1. The molecule has 0 saturated heterocycles. The molecule has 326 valence electrons. The summed E-state index contributed by atoms with van der Waals surface area (Å²) in [5.74, 6) is 0.466. The Kier molecular flexibility index (Phi) is 14.8. The van der Waals surface area contributed by atoms with Crippen LogP contribution in [0.3, 0.4) is 0 Å². The number of fused-ring (bicyclic) bond motifs is 1. The Balaban J connectivity index is 0.000000301. The lowest BCUT2D eigenvalue weighted by Crippen LogP contribution is -2.21. The Bertz CT molecular complexity index is 1840. The standard InChI is InChI=1S/C19H29NS.C18H30O.C18H30/c1-17(2,3)12-10-11-13(18(4,5)6)15-14(12)20-16(21-15)19(7,8)9;1-16(2,3)12-10-13(17(4,5)6)15(19)14(11-12)18(7,8)9;1-16(2,3)13-10-14(17(4,5)6)12-15(11-13)18(7,8)9/h10-11H,1-9H3;10-11,19H,1-9H3;10-12H,1-9H3. The molecule has 0 radical (unpaired) electrons. The maximum atomic E-state index is 10.7. The molecular weight excluding hydrogens is 723 g/mol. The molecule has 0 aliphatic heterocycles. The van der Waals surface area contributed by atoms with Gasteiger partial charge in [0.05, 0.1) is 15.2 Å². The van der Waals surface area contributed by atoms with Gasteiger partial charge in [-0.3, -0.25) is 0 Å². The van der Waals surface area contributed by atoms with Gasteiger partial charge in [-0.1, -0.05) is 229 Å². The number of aromatic hydroxyl groups is 1. The van der Waals surface area contributed by atoms with Crippen molar-refractivity contribution in [3.05, 3.63) is 92.0 Å². The van der Waals surface area contributed by atoms with E-state index in [0.717, 1.165) is 11.1 Å². The fourth-order valence-electron chi connectivity index (χ4n) is 6.66. The van der Waals surface area contributed by atoms with Crippen LogP contribution in [-0.4, -0.2) is 10.1 Å².